The number of allylic oxidation sites excluding steroid dienone is 1. The van der Waals surface area contributed by atoms with Gasteiger partial charge in [-0.1, -0.05) is 48.0 Å². The lowest BCUT2D eigenvalue weighted by Crippen LogP contribution is -2.34. The van der Waals surface area contributed by atoms with E-state index in [1.54, 1.807) is 30.3 Å². The molecule has 2 N–H and O–H groups in total. The van der Waals surface area contributed by atoms with Crippen LogP contribution in [0, 0.1) is 0 Å². The third-order valence-electron chi connectivity index (χ3n) is 2.95. The van der Waals surface area contributed by atoms with Gasteiger partial charge in [0.25, 0.3) is 11.8 Å². The Kier molecular flexibility index (Phi) is 6.73. The first kappa shape index (κ1) is 17.4. The van der Waals surface area contributed by atoms with Gasteiger partial charge in [-0.2, -0.15) is 5.10 Å². The summed E-state index contributed by atoms with van der Waals surface area (Å²) < 4.78 is 0. The van der Waals surface area contributed by atoms with Crippen molar-refractivity contribution in [3.63, 3.8) is 0 Å². The molecular formula is C18H16ClN3O2. The molecule has 24 heavy (non-hydrogen) atoms. The van der Waals surface area contributed by atoms with Gasteiger partial charge in [-0.05, 0) is 35.9 Å². The average molecular weight is 342 g/mol. The largest absolute Gasteiger partial charge is 0.343 e. The maximum absolute atomic E-state index is 11.8. The Morgan fingerprint density at radius 2 is 1.75 bits per heavy atom. The lowest BCUT2D eigenvalue weighted by molar-refractivity contribution is -0.120. The average Bonchev–Trinajstić information content (AvgIpc) is 2.61. The molecule has 2 rings (SSSR count). The lowest BCUT2D eigenvalue weighted by atomic mass is 10.2. The topological polar surface area (TPSA) is 70.6 Å². The molecule has 0 aromatic heterocycles. The molecule has 0 saturated heterocycles. The third kappa shape index (κ3) is 6.06. The first-order chi connectivity index (χ1) is 11.6. The lowest BCUT2D eigenvalue weighted by Gasteiger charge is -2.04. The molecular weight excluding hydrogens is 326 g/mol. The SMILES string of the molecule is O=C(CNC(=O)c1ccc(Cl)cc1)NN=C/C=C/c1ccccc1. The zero-order valence-electron chi connectivity index (χ0n) is 12.8. The van der Waals surface area contributed by atoms with Crippen LogP contribution in [-0.2, 0) is 4.79 Å². The molecule has 0 radical (unpaired) electrons. The van der Waals surface area contributed by atoms with Crippen molar-refractivity contribution in [3.05, 3.63) is 76.8 Å². The summed E-state index contributed by atoms with van der Waals surface area (Å²) in [6.07, 6.45) is 5.03. The number of hydrogen-bond acceptors (Lipinski definition) is 3. The molecule has 6 heteroatoms. The van der Waals surface area contributed by atoms with E-state index in [2.05, 4.69) is 15.8 Å². The van der Waals surface area contributed by atoms with Gasteiger partial charge in [0.05, 0.1) is 6.54 Å². The molecule has 0 aliphatic rings. The maximum atomic E-state index is 11.8. The number of rotatable bonds is 6. The number of benzene rings is 2. The highest BCUT2D eigenvalue weighted by atomic mass is 35.5. The van der Waals surface area contributed by atoms with Crippen molar-refractivity contribution in [1.82, 2.24) is 10.7 Å². The molecule has 0 aliphatic carbocycles. The molecule has 0 bridgehead atoms. The van der Waals surface area contributed by atoms with Crippen LogP contribution < -0.4 is 10.7 Å². The van der Waals surface area contributed by atoms with Crippen molar-refractivity contribution < 1.29 is 9.59 Å². The van der Waals surface area contributed by atoms with Crippen molar-refractivity contribution in [3.8, 4) is 0 Å². The number of amides is 2. The summed E-state index contributed by atoms with van der Waals surface area (Å²) in [6.45, 7) is -0.165. The molecule has 0 unspecified atom stereocenters. The number of hydrogen-bond donors (Lipinski definition) is 2. The highest BCUT2D eigenvalue weighted by Gasteiger charge is 2.07. The van der Waals surface area contributed by atoms with E-state index in [-0.39, 0.29) is 12.5 Å². The summed E-state index contributed by atoms with van der Waals surface area (Å²) in [7, 11) is 0. The Bertz CT molecular complexity index is 741. The summed E-state index contributed by atoms with van der Waals surface area (Å²) in [5.74, 6) is -0.767. The smallest absolute Gasteiger partial charge is 0.259 e. The minimum atomic E-state index is -0.415. The molecule has 0 saturated carbocycles. The van der Waals surface area contributed by atoms with Crippen molar-refractivity contribution in [2.45, 2.75) is 0 Å². The number of halogens is 1. The van der Waals surface area contributed by atoms with Crippen LogP contribution in [0.2, 0.25) is 5.02 Å². The van der Waals surface area contributed by atoms with Crippen LogP contribution in [0.4, 0.5) is 0 Å². The fourth-order valence-electron chi connectivity index (χ4n) is 1.77. The molecule has 2 aromatic rings. The molecule has 0 heterocycles. The number of carbonyl (C=O) groups is 2. The number of carbonyl (C=O) groups excluding carboxylic acids is 2. The normalized spacial score (nSPS) is 10.9. The van der Waals surface area contributed by atoms with Gasteiger partial charge in [0.1, 0.15) is 0 Å². The molecule has 5 nitrogen and oxygen atoms in total. The van der Waals surface area contributed by atoms with Gasteiger partial charge in [0, 0.05) is 16.8 Å². The predicted molar refractivity (Wildman–Crippen MR) is 95.9 cm³/mol. The van der Waals surface area contributed by atoms with Gasteiger partial charge >= 0.3 is 0 Å². The number of hydrazone groups is 1. The quantitative estimate of drug-likeness (QED) is 0.626. The number of nitrogens with zero attached hydrogens (tertiary/aromatic N) is 1. The summed E-state index contributed by atoms with van der Waals surface area (Å²) in [5.41, 5.74) is 3.79. The van der Waals surface area contributed by atoms with E-state index in [4.69, 9.17) is 11.6 Å². The Labute approximate surface area is 145 Å². The van der Waals surface area contributed by atoms with Crippen LogP contribution in [0.1, 0.15) is 15.9 Å². The van der Waals surface area contributed by atoms with Crippen molar-refractivity contribution in [2.24, 2.45) is 5.10 Å². The summed E-state index contributed by atoms with van der Waals surface area (Å²) in [5, 5.41) is 6.81. The molecule has 0 atom stereocenters. The van der Waals surface area contributed by atoms with Gasteiger partial charge in [-0.15, -0.1) is 0 Å². The molecule has 122 valence electrons. The van der Waals surface area contributed by atoms with Gasteiger partial charge in [0.15, 0.2) is 0 Å². The fourth-order valence-corrected chi connectivity index (χ4v) is 1.90. The molecule has 0 spiro atoms. The second kappa shape index (κ2) is 9.27. The molecule has 2 amide bonds. The van der Waals surface area contributed by atoms with E-state index < -0.39 is 5.91 Å². The van der Waals surface area contributed by atoms with E-state index in [9.17, 15) is 9.59 Å². The molecule has 2 aromatic carbocycles. The minimum absolute atomic E-state index is 0.165. The summed E-state index contributed by atoms with van der Waals surface area (Å²) in [4.78, 5) is 23.4. The van der Waals surface area contributed by atoms with Gasteiger partial charge in [-0.3, -0.25) is 9.59 Å². The van der Waals surface area contributed by atoms with Gasteiger partial charge in [0.2, 0.25) is 0 Å². The van der Waals surface area contributed by atoms with Crippen LogP contribution >= 0.6 is 11.6 Å². The van der Waals surface area contributed by atoms with Crippen LogP contribution in [0.15, 0.2) is 65.8 Å². The van der Waals surface area contributed by atoms with Crippen LogP contribution in [0.3, 0.4) is 0 Å². The highest BCUT2D eigenvalue weighted by molar-refractivity contribution is 6.30. The molecule has 0 aliphatic heterocycles. The second-order valence-electron chi connectivity index (χ2n) is 4.77. The number of nitrogens with one attached hydrogen (secondary N) is 2. The minimum Gasteiger partial charge on any atom is -0.343 e. The van der Waals surface area contributed by atoms with E-state index >= 15 is 0 Å². The van der Waals surface area contributed by atoms with E-state index in [0.717, 1.165) is 5.56 Å². The van der Waals surface area contributed by atoms with E-state index in [0.29, 0.717) is 10.6 Å². The Morgan fingerprint density at radius 1 is 1.04 bits per heavy atom. The molecule has 0 fully saturated rings. The van der Waals surface area contributed by atoms with Crippen molar-refractivity contribution >= 4 is 35.7 Å². The fraction of sp³-hybridized carbons (Fsp3) is 0.0556. The Balaban J connectivity index is 1.71. The summed E-state index contributed by atoms with van der Waals surface area (Å²) >= 11 is 5.75. The van der Waals surface area contributed by atoms with E-state index in [1.807, 2.05) is 36.4 Å². The first-order valence-corrected chi connectivity index (χ1v) is 7.60. The standard InChI is InChI=1S/C18H16ClN3O2/c19-16-10-8-15(9-11-16)18(24)20-13-17(23)22-21-12-4-7-14-5-2-1-3-6-14/h1-12H,13H2,(H,20,24)(H,22,23)/b7-4+,21-12?. The van der Waals surface area contributed by atoms with Crippen molar-refractivity contribution in [2.75, 3.05) is 6.54 Å². The van der Waals surface area contributed by atoms with Crippen LogP contribution in [-0.4, -0.2) is 24.6 Å². The highest BCUT2D eigenvalue weighted by Crippen LogP contribution is 2.09. The zero-order chi connectivity index (χ0) is 17.2. The van der Waals surface area contributed by atoms with E-state index in [1.165, 1.54) is 6.21 Å². The third-order valence-corrected chi connectivity index (χ3v) is 3.21. The first-order valence-electron chi connectivity index (χ1n) is 7.22. The second-order valence-corrected chi connectivity index (χ2v) is 5.21. The van der Waals surface area contributed by atoms with Crippen LogP contribution in [0.5, 0.6) is 0 Å². The van der Waals surface area contributed by atoms with Crippen molar-refractivity contribution in [1.29, 1.82) is 0 Å². The maximum Gasteiger partial charge on any atom is 0.259 e. The summed E-state index contributed by atoms with van der Waals surface area (Å²) in [6, 6.07) is 16.1. The van der Waals surface area contributed by atoms with Gasteiger partial charge < -0.3 is 5.32 Å². The van der Waals surface area contributed by atoms with Gasteiger partial charge in [-0.25, -0.2) is 5.43 Å². The Morgan fingerprint density at radius 3 is 2.46 bits per heavy atom. The monoisotopic (exact) mass is 341 g/mol. The Hall–Kier alpha value is -2.92. The predicted octanol–water partition coefficient (Wildman–Crippen LogP) is 2.89. The van der Waals surface area contributed by atoms with Crippen LogP contribution in [0.25, 0.3) is 6.08 Å². The zero-order valence-corrected chi connectivity index (χ0v) is 13.5.